The number of hydrogen-bond acceptors (Lipinski definition) is 5. The van der Waals surface area contributed by atoms with Crippen molar-refractivity contribution in [3.8, 4) is 0 Å². The number of aromatic nitrogens is 1. The number of aliphatic hydroxyl groups is 1. The second kappa shape index (κ2) is 5.17. The van der Waals surface area contributed by atoms with Crippen LogP contribution >= 0.6 is 11.3 Å². The summed E-state index contributed by atoms with van der Waals surface area (Å²) in [5.74, 6) is 0.465. The van der Waals surface area contributed by atoms with E-state index in [1.165, 1.54) is 11.3 Å². The molecule has 0 bridgehead atoms. The summed E-state index contributed by atoms with van der Waals surface area (Å²) in [5, 5.41) is 13.7. The molecule has 1 aromatic rings. The summed E-state index contributed by atoms with van der Waals surface area (Å²) in [6.45, 7) is 4.42. The molecule has 0 radical (unpaired) electrons. The second-order valence-corrected chi connectivity index (χ2v) is 4.64. The van der Waals surface area contributed by atoms with Gasteiger partial charge in [-0.15, -0.1) is 0 Å². The maximum atomic E-state index is 8.89. The molecule has 0 saturated carbocycles. The molecule has 1 rings (SSSR count). The van der Waals surface area contributed by atoms with Gasteiger partial charge in [0.15, 0.2) is 5.13 Å². The zero-order valence-corrected chi connectivity index (χ0v) is 9.34. The fourth-order valence-corrected chi connectivity index (χ4v) is 1.87. The Labute approximate surface area is 88.2 Å². The van der Waals surface area contributed by atoms with Crippen molar-refractivity contribution in [1.29, 1.82) is 0 Å². The molecule has 80 valence electrons. The molecule has 0 aromatic carbocycles. The first-order valence-electron chi connectivity index (χ1n) is 4.72. The lowest BCUT2D eigenvalue weighted by molar-refractivity contribution is 0.267. The van der Waals surface area contributed by atoms with Crippen LogP contribution in [0.15, 0.2) is 6.20 Å². The molecule has 0 amide bonds. The van der Waals surface area contributed by atoms with Crippen molar-refractivity contribution in [2.45, 2.75) is 26.3 Å². The summed E-state index contributed by atoms with van der Waals surface area (Å²) in [7, 11) is 0. The number of nitrogens with two attached hydrogens (primary N) is 1. The van der Waals surface area contributed by atoms with E-state index in [0.29, 0.717) is 10.9 Å². The van der Waals surface area contributed by atoms with Crippen LogP contribution in [-0.4, -0.2) is 22.7 Å². The van der Waals surface area contributed by atoms with Crippen LogP contribution in [0.2, 0.25) is 0 Å². The van der Waals surface area contributed by atoms with E-state index in [0.717, 1.165) is 11.6 Å². The molecule has 0 fully saturated rings. The Morgan fingerprint density at radius 2 is 2.36 bits per heavy atom. The van der Waals surface area contributed by atoms with E-state index in [1.807, 2.05) is 0 Å². The Balaban J connectivity index is 2.55. The van der Waals surface area contributed by atoms with E-state index in [1.54, 1.807) is 6.20 Å². The van der Waals surface area contributed by atoms with E-state index in [9.17, 15) is 0 Å². The third kappa shape index (κ3) is 3.16. The normalized spacial score (nSPS) is 13.1. The van der Waals surface area contributed by atoms with Gasteiger partial charge in [-0.2, -0.15) is 0 Å². The van der Waals surface area contributed by atoms with E-state index < -0.39 is 0 Å². The highest BCUT2D eigenvalue weighted by molar-refractivity contribution is 7.19. The van der Waals surface area contributed by atoms with Gasteiger partial charge in [0.1, 0.15) is 5.00 Å². The van der Waals surface area contributed by atoms with Gasteiger partial charge in [0.25, 0.3) is 0 Å². The topological polar surface area (TPSA) is 71.2 Å². The minimum absolute atomic E-state index is 0.191. The minimum atomic E-state index is 0.191. The van der Waals surface area contributed by atoms with Crippen LogP contribution in [0.5, 0.6) is 0 Å². The number of nitrogens with one attached hydrogen (secondary N) is 1. The van der Waals surface area contributed by atoms with Gasteiger partial charge in [0.05, 0.1) is 6.20 Å². The molecule has 0 aliphatic heterocycles. The second-order valence-electron chi connectivity index (χ2n) is 3.57. The van der Waals surface area contributed by atoms with Crippen molar-refractivity contribution in [1.82, 2.24) is 4.98 Å². The van der Waals surface area contributed by atoms with Gasteiger partial charge in [0, 0.05) is 12.6 Å². The SMILES string of the molecule is CC(C)C(CCO)Nc1ncc(N)s1. The third-order valence-electron chi connectivity index (χ3n) is 2.08. The van der Waals surface area contributed by atoms with Gasteiger partial charge < -0.3 is 16.2 Å². The number of hydrogen-bond donors (Lipinski definition) is 3. The largest absolute Gasteiger partial charge is 0.396 e. The lowest BCUT2D eigenvalue weighted by Crippen LogP contribution is -2.26. The maximum Gasteiger partial charge on any atom is 0.184 e. The van der Waals surface area contributed by atoms with Crippen LogP contribution in [0.1, 0.15) is 20.3 Å². The predicted octanol–water partition coefficient (Wildman–Crippen LogP) is 1.54. The summed E-state index contributed by atoms with van der Waals surface area (Å²) >= 11 is 1.43. The number of rotatable bonds is 5. The van der Waals surface area contributed by atoms with Crippen molar-refractivity contribution in [3.05, 3.63) is 6.20 Å². The molecule has 0 spiro atoms. The molecule has 4 nitrogen and oxygen atoms in total. The highest BCUT2D eigenvalue weighted by Crippen LogP contribution is 2.22. The molecule has 0 aliphatic carbocycles. The lowest BCUT2D eigenvalue weighted by atomic mass is 10.0. The highest BCUT2D eigenvalue weighted by atomic mass is 32.1. The highest BCUT2D eigenvalue weighted by Gasteiger charge is 2.13. The van der Waals surface area contributed by atoms with Crippen LogP contribution in [0.3, 0.4) is 0 Å². The molecule has 0 aliphatic rings. The summed E-state index contributed by atoms with van der Waals surface area (Å²) in [4.78, 5) is 4.12. The maximum absolute atomic E-state index is 8.89. The Kier molecular flexibility index (Phi) is 4.16. The number of nitrogens with zero attached hydrogens (tertiary/aromatic N) is 1. The summed E-state index contributed by atoms with van der Waals surface area (Å²) in [6, 6.07) is 0.255. The number of thiazole rings is 1. The van der Waals surface area contributed by atoms with Crippen LogP contribution in [0.4, 0.5) is 10.1 Å². The molecular formula is C9H17N3OS. The molecule has 5 heteroatoms. The van der Waals surface area contributed by atoms with Gasteiger partial charge in [-0.05, 0) is 12.3 Å². The lowest BCUT2D eigenvalue weighted by Gasteiger charge is -2.20. The Morgan fingerprint density at radius 3 is 2.79 bits per heavy atom. The first kappa shape index (κ1) is 11.3. The van der Waals surface area contributed by atoms with Crippen molar-refractivity contribution in [2.24, 2.45) is 5.92 Å². The first-order valence-corrected chi connectivity index (χ1v) is 5.54. The fourth-order valence-electron chi connectivity index (χ4n) is 1.22. The van der Waals surface area contributed by atoms with Crippen LogP contribution in [-0.2, 0) is 0 Å². The Hall–Kier alpha value is -0.810. The predicted molar refractivity (Wildman–Crippen MR) is 60.5 cm³/mol. The Morgan fingerprint density at radius 1 is 1.64 bits per heavy atom. The quantitative estimate of drug-likeness (QED) is 0.697. The fraction of sp³-hybridized carbons (Fsp3) is 0.667. The third-order valence-corrected chi connectivity index (χ3v) is 2.84. The zero-order valence-electron chi connectivity index (χ0n) is 8.53. The summed E-state index contributed by atoms with van der Waals surface area (Å²) in [5.41, 5.74) is 5.57. The molecule has 1 heterocycles. The molecule has 0 saturated heterocycles. The standard InChI is InChI=1S/C9H17N3OS/c1-6(2)7(3-4-13)12-9-11-5-8(10)14-9/h5-7,13H,3-4,10H2,1-2H3,(H,11,12). The van der Waals surface area contributed by atoms with Crippen molar-refractivity contribution in [2.75, 3.05) is 17.7 Å². The molecular weight excluding hydrogens is 198 g/mol. The van der Waals surface area contributed by atoms with E-state index in [2.05, 4.69) is 24.1 Å². The van der Waals surface area contributed by atoms with E-state index >= 15 is 0 Å². The minimum Gasteiger partial charge on any atom is -0.396 e. The van der Waals surface area contributed by atoms with E-state index in [-0.39, 0.29) is 12.6 Å². The summed E-state index contributed by atoms with van der Waals surface area (Å²) < 4.78 is 0. The van der Waals surface area contributed by atoms with Crippen LogP contribution in [0, 0.1) is 5.92 Å². The van der Waals surface area contributed by atoms with Gasteiger partial charge >= 0.3 is 0 Å². The monoisotopic (exact) mass is 215 g/mol. The smallest absolute Gasteiger partial charge is 0.184 e. The van der Waals surface area contributed by atoms with Gasteiger partial charge in [-0.3, -0.25) is 0 Å². The molecule has 1 unspecified atom stereocenters. The molecule has 14 heavy (non-hydrogen) atoms. The van der Waals surface area contributed by atoms with Crippen LogP contribution in [0.25, 0.3) is 0 Å². The van der Waals surface area contributed by atoms with Crippen molar-refractivity contribution in [3.63, 3.8) is 0 Å². The van der Waals surface area contributed by atoms with Crippen LogP contribution < -0.4 is 11.1 Å². The number of aliphatic hydroxyl groups excluding tert-OH is 1. The Bertz CT molecular complexity index is 275. The zero-order chi connectivity index (χ0) is 10.6. The molecule has 4 N–H and O–H groups in total. The summed E-state index contributed by atoms with van der Waals surface area (Å²) in [6.07, 6.45) is 2.38. The van der Waals surface area contributed by atoms with E-state index in [4.69, 9.17) is 10.8 Å². The first-order chi connectivity index (χ1) is 6.63. The van der Waals surface area contributed by atoms with Gasteiger partial charge in [-0.25, -0.2) is 4.98 Å². The average molecular weight is 215 g/mol. The average Bonchev–Trinajstić information content (AvgIpc) is 2.50. The number of nitrogen functional groups attached to an aromatic ring is 1. The van der Waals surface area contributed by atoms with Gasteiger partial charge in [-0.1, -0.05) is 25.2 Å². The van der Waals surface area contributed by atoms with Crippen molar-refractivity contribution < 1.29 is 5.11 Å². The van der Waals surface area contributed by atoms with Crippen molar-refractivity contribution >= 4 is 21.5 Å². The van der Waals surface area contributed by atoms with Gasteiger partial charge in [0.2, 0.25) is 0 Å². The number of anilines is 2. The molecule has 1 aromatic heterocycles. The molecule has 1 atom stereocenters.